The van der Waals surface area contributed by atoms with E-state index in [4.69, 9.17) is 10.00 Å². The van der Waals surface area contributed by atoms with Crippen LogP contribution in [-0.2, 0) is 0 Å². The molecular weight excluding hydrogens is 256 g/mol. The van der Waals surface area contributed by atoms with Gasteiger partial charge in [-0.25, -0.2) is 0 Å². The highest BCUT2D eigenvalue weighted by atomic mass is 16.6. The van der Waals surface area contributed by atoms with Crippen molar-refractivity contribution in [3.63, 3.8) is 0 Å². The van der Waals surface area contributed by atoms with Crippen LogP contribution in [0.2, 0.25) is 0 Å². The van der Waals surface area contributed by atoms with E-state index in [9.17, 15) is 10.1 Å². The van der Waals surface area contributed by atoms with E-state index in [1.807, 2.05) is 6.07 Å². The van der Waals surface area contributed by atoms with Crippen LogP contribution in [0.25, 0.3) is 0 Å². The van der Waals surface area contributed by atoms with Crippen LogP contribution >= 0.6 is 0 Å². The maximum Gasteiger partial charge on any atom is 0.271 e. The third kappa shape index (κ3) is 3.08. The molecule has 5 nitrogen and oxygen atoms in total. The van der Waals surface area contributed by atoms with Gasteiger partial charge in [0.25, 0.3) is 5.69 Å². The van der Waals surface area contributed by atoms with Gasteiger partial charge >= 0.3 is 0 Å². The van der Waals surface area contributed by atoms with Crippen LogP contribution in [-0.4, -0.2) is 11.0 Å². The molecule has 0 bridgehead atoms. The third-order valence-corrected chi connectivity index (χ3v) is 4.14. The Morgan fingerprint density at radius 3 is 2.70 bits per heavy atom. The van der Waals surface area contributed by atoms with Gasteiger partial charge in [0, 0.05) is 12.1 Å². The zero-order valence-electron chi connectivity index (χ0n) is 11.7. The molecule has 0 N–H and O–H groups in total. The fraction of sp³-hybridized carbons (Fsp3) is 0.533. The minimum absolute atomic E-state index is 0.0838. The number of nitriles is 1. The van der Waals surface area contributed by atoms with Crippen molar-refractivity contribution in [1.82, 2.24) is 0 Å². The van der Waals surface area contributed by atoms with Crippen molar-refractivity contribution in [1.29, 1.82) is 5.26 Å². The number of ether oxygens (including phenoxy) is 1. The van der Waals surface area contributed by atoms with Gasteiger partial charge in [-0.1, -0.05) is 13.8 Å². The molecule has 0 radical (unpaired) electrons. The van der Waals surface area contributed by atoms with E-state index >= 15 is 0 Å². The van der Waals surface area contributed by atoms with E-state index in [1.165, 1.54) is 18.2 Å². The molecule has 0 aromatic heterocycles. The molecule has 5 heteroatoms. The lowest BCUT2D eigenvalue weighted by molar-refractivity contribution is -0.384. The first-order chi connectivity index (χ1) is 9.51. The maximum absolute atomic E-state index is 10.7. The molecule has 0 amide bonds. The summed E-state index contributed by atoms with van der Waals surface area (Å²) in [4.78, 5) is 10.2. The average Bonchev–Trinajstić information content (AvgIpc) is 2.43. The van der Waals surface area contributed by atoms with Crippen molar-refractivity contribution >= 4 is 5.69 Å². The highest BCUT2D eigenvalue weighted by Crippen LogP contribution is 2.33. The van der Waals surface area contributed by atoms with Crippen LogP contribution in [0, 0.1) is 33.3 Å². The molecule has 20 heavy (non-hydrogen) atoms. The van der Waals surface area contributed by atoms with Crippen molar-refractivity contribution in [3.05, 3.63) is 33.9 Å². The Morgan fingerprint density at radius 1 is 1.35 bits per heavy atom. The van der Waals surface area contributed by atoms with Crippen LogP contribution < -0.4 is 4.74 Å². The van der Waals surface area contributed by atoms with Gasteiger partial charge in [0.15, 0.2) is 0 Å². The van der Waals surface area contributed by atoms with Gasteiger partial charge in [-0.15, -0.1) is 0 Å². The van der Waals surface area contributed by atoms with E-state index in [2.05, 4.69) is 13.8 Å². The highest BCUT2D eigenvalue weighted by molar-refractivity contribution is 5.50. The van der Waals surface area contributed by atoms with Gasteiger partial charge in [0.1, 0.15) is 17.4 Å². The SMILES string of the molecule is CC1CCC(Oc2ccc([N+](=O)[O-])cc2C#N)CC1C. The van der Waals surface area contributed by atoms with E-state index in [-0.39, 0.29) is 17.4 Å². The van der Waals surface area contributed by atoms with Gasteiger partial charge in [-0.2, -0.15) is 5.26 Å². The van der Waals surface area contributed by atoms with E-state index in [1.54, 1.807) is 0 Å². The fourth-order valence-corrected chi connectivity index (χ4v) is 2.61. The van der Waals surface area contributed by atoms with Crippen molar-refractivity contribution in [2.24, 2.45) is 11.8 Å². The number of nitro benzene ring substituents is 1. The Balaban J connectivity index is 2.14. The molecule has 0 aliphatic heterocycles. The summed E-state index contributed by atoms with van der Waals surface area (Å²) in [6.07, 6.45) is 3.13. The number of non-ortho nitro benzene ring substituents is 1. The summed E-state index contributed by atoms with van der Waals surface area (Å²) in [6.45, 7) is 4.45. The van der Waals surface area contributed by atoms with Gasteiger partial charge < -0.3 is 4.74 Å². The summed E-state index contributed by atoms with van der Waals surface area (Å²) >= 11 is 0. The Bertz CT molecular complexity index is 551. The molecule has 2 rings (SSSR count). The molecule has 0 spiro atoms. The quantitative estimate of drug-likeness (QED) is 0.622. The number of hydrogen-bond acceptors (Lipinski definition) is 4. The van der Waals surface area contributed by atoms with Crippen LogP contribution in [0.3, 0.4) is 0 Å². The molecule has 0 saturated heterocycles. The lowest BCUT2D eigenvalue weighted by atomic mass is 9.80. The van der Waals surface area contributed by atoms with E-state index in [0.29, 0.717) is 17.6 Å². The van der Waals surface area contributed by atoms with Crippen molar-refractivity contribution < 1.29 is 9.66 Å². The van der Waals surface area contributed by atoms with Gasteiger partial charge in [-0.05, 0) is 37.2 Å². The third-order valence-electron chi connectivity index (χ3n) is 4.14. The maximum atomic E-state index is 10.7. The molecular formula is C15H18N2O3. The second-order valence-corrected chi connectivity index (χ2v) is 5.56. The predicted molar refractivity (Wildman–Crippen MR) is 74.4 cm³/mol. The Labute approximate surface area is 118 Å². The van der Waals surface area contributed by atoms with Crippen molar-refractivity contribution in [2.75, 3.05) is 0 Å². The molecule has 3 atom stereocenters. The predicted octanol–water partition coefficient (Wildman–Crippen LogP) is 3.67. The molecule has 3 unspecified atom stereocenters. The standard InChI is InChI=1S/C15H18N2O3/c1-10-3-5-14(7-11(10)2)20-15-6-4-13(17(18)19)8-12(15)9-16/h4,6,8,10-11,14H,3,5,7H2,1-2H3. The molecule has 1 saturated carbocycles. The largest absolute Gasteiger partial charge is 0.489 e. The molecule has 1 aromatic rings. The summed E-state index contributed by atoms with van der Waals surface area (Å²) in [5, 5.41) is 19.8. The van der Waals surface area contributed by atoms with Crippen LogP contribution in [0.4, 0.5) is 5.69 Å². The number of hydrogen-bond donors (Lipinski definition) is 0. The summed E-state index contributed by atoms with van der Waals surface area (Å²) in [5.41, 5.74) is 0.144. The van der Waals surface area contributed by atoms with Crippen molar-refractivity contribution in [2.45, 2.75) is 39.2 Å². The molecule has 1 aromatic carbocycles. The summed E-state index contributed by atoms with van der Waals surface area (Å²) in [6, 6.07) is 6.15. The van der Waals surface area contributed by atoms with Gasteiger partial charge in [0.05, 0.1) is 11.0 Å². The van der Waals surface area contributed by atoms with Gasteiger partial charge in [-0.3, -0.25) is 10.1 Å². The second kappa shape index (κ2) is 5.91. The molecule has 1 aliphatic carbocycles. The van der Waals surface area contributed by atoms with Crippen LogP contribution in [0.5, 0.6) is 5.75 Å². The topological polar surface area (TPSA) is 76.2 Å². The van der Waals surface area contributed by atoms with Crippen molar-refractivity contribution in [3.8, 4) is 11.8 Å². The Morgan fingerprint density at radius 2 is 2.10 bits per heavy atom. The Hall–Kier alpha value is -2.09. The number of nitro groups is 1. The molecule has 1 aliphatic rings. The minimum atomic E-state index is -0.505. The second-order valence-electron chi connectivity index (χ2n) is 5.56. The first-order valence-electron chi connectivity index (χ1n) is 6.86. The molecule has 0 heterocycles. The summed E-state index contributed by atoms with van der Waals surface area (Å²) < 4.78 is 5.89. The van der Waals surface area contributed by atoms with Gasteiger partial charge in [0.2, 0.25) is 0 Å². The lowest BCUT2D eigenvalue weighted by Gasteiger charge is -2.32. The number of benzene rings is 1. The summed E-state index contributed by atoms with van der Waals surface area (Å²) in [5.74, 6) is 1.74. The Kier molecular flexibility index (Phi) is 4.23. The number of rotatable bonds is 3. The zero-order chi connectivity index (χ0) is 14.7. The lowest BCUT2D eigenvalue weighted by Crippen LogP contribution is -2.28. The minimum Gasteiger partial charge on any atom is -0.489 e. The highest BCUT2D eigenvalue weighted by Gasteiger charge is 2.26. The zero-order valence-corrected chi connectivity index (χ0v) is 11.7. The first kappa shape index (κ1) is 14.3. The molecule has 1 fully saturated rings. The van der Waals surface area contributed by atoms with E-state index in [0.717, 1.165) is 19.3 Å². The molecule has 106 valence electrons. The average molecular weight is 274 g/mol. The smallest absolute Gasteiger partial charge is 0.271 e. The van der Waals surface area contributed by atoms with E-state index < -0.39 is 4.92 Å². The summed E-state index contributed by atoms with van der Waals surface area (Å²) in [7, 11) is 0. The normalized spacial score (nSPS) is 25.8. The van der Waals surface area contributed by atoms with Crippen LogP contribution in [0.1, 0.15) is 38.7 Å². The fourth-order valence-electron chi connectivity index (χ4n) is 2.61. The first-order valence-corrected chi connectivity index (χ1v) is 6.86. The number of nitrogens with zero attached hydrogens (tertiary/aromatic N) is 2. The monoisotopic (exact) mass is 274 g/mol. The van der Waals surface area contributed by atoms with Crippen LogP contribution in [0.15, 0.2) is 18.2 Å².